The summed E-state index contributed by atoms with van der Waals surface area (Å²) < 4.78 is 5.31. The fourth-order valence-electron chi connectivity index (χ4n) is 1.52. The molecule has 1 aliphatic rings. The second-order valence-electron chi connectivity index (χ2n) is 3.30. The minimum Gasteiger partial charge on any atom is -0.490 e. The van der Waals surface area contributed by atoms with Crippen molar-refractivity contribution < 1.29 is 9.84 Å². The van der Waals surface area contributed by atoms with Crippen LogP contribution in [0.4, 0.5) is 0 Å². The van der Waals surface area contributed by atoms with Gasteiger partial charge in [0.1, 0.15) is 18.5 Å². The number of benzene rings is 1. The molecular weight excluding hydrogens is 178 g/mol. The van der Waals surface area contributed by atoms with Crippen LogP contribution in [0.2, 0.25) is 0 Å². The molecule has 2 atom stereocenters. The van der Waals surface area contributed by atoms with Gasteiger partial charge in [-0.05, 0) is 18.2 Å². The van der Waals surface area contributed by atoms with E-state index in [0.29, 0.717) is 5.75 Å². The van der Waals surface area contributed by atoms with Crippen LogP contribution in [0.15, 0.2) is 18.2 Å². The van der Waals surface area contributed by atoms with Crippen LogP contribution in [0.5, 0.6) is 5.75 Å². The standard InChI is InChI=1S/C11H11NO2/c1-2-7-3-4-10-8(5-7)11(12)9(13)6-14-10/h1,3-5,9,11,13H,6,12H2/t9-,11-/m1/s1. The normalized spacial score (nSPS) is 24.6. The molecule has 0 radical (unpaired) electrons. The molecule has 72 valence electrons. The highest BCUT2D eigenvalue weighted by Gasteiger charge is 2.26. The van der Waals surface area contributed by atoms with Crippen molar-refractivity contribution in [2.24, 2.45) is 5.73 Å². The fourth-order valence-corrected chi connectivity index (χ4v) is 1.52. The molecule has 0 fully saturated rings. The van der Waals surface area contributed by atoms with E-state index in [0.717, 1.165) is 11.1 Å². The minimum absolute atomic E-state index is 0.240. The molecule has 0 unspecified atom stereocenters. The average Bonchev–Trinajstić information content (AvgIpc) is 2.23. The molecule has 3 N–H and O–H groups in total. The summed E-state index contributed by atoms with van der Waals surface area (Å²) in [6.07, 6.45) is 4.61. The third-order valence-electron chi connectivity index (χ3n) is 2.36. The third kappa shape index (κ3) is 1.35. The maximum atomic E-state index is 9.49. The van der Waals surface area contributed by atoms with Crippen molar-refractivity contribution in [2.75, 3.05) is 6.61 Å². The molecule has 0 saturated carbocycles. The molecule has 2 rings (SSSR count). The summed E-state index contributed by atoms with van der Waals surface area (Å²) >= 11 is 0. The Hall–Kier alpha value is -1.50. The van der Waals surface area contributed by atoms with Crippen LogP contribution in [0.1, 0.15) is 17.2 Å². The lowest BCUT2D eigenvalue weighted by atomic mass is 9.97. The second-order valence-corrected chi connectivity index (χ2v) is 3.30. The van der Waals surface area contributed by atoms with Gasteiger partial charge < -0.3 is 15.6 Å². The zero-order valence-electron chi connectivity index (χ0n) is 7.60. The van der Waals surface area contributed by atoms with E-state index in [1.165, 1.54) is 0 Å². The number of fused-ring (bicyclic) bond motifs is 1. The zero-order valence-corrected chi connectivity index (χ0v) is 7.60. The Morgan fingerprint density at radius 3 is 3.07 bits per heavy atom. The largest absolute Gasteiger partial charge is 0.490 e. The highest BCUT2D eigenvalue weighted by molar-refractivity contribution is 5.46. The molecule has 1 heterocycles. The molecule has 0 aliphatic carbocycles. The van der Waals surface area contributed by atoms with Crippen molar-refractivity contribution in [1.82, 2.24) is 0 Å². The van der Waals surface area contributed by atoms with E-state index < -0.39 is 12.1 Å². The Balaban J connectivity index is 2.47. The molecule has 1 aliphatic heterocycles. The van der Waals surface area contributed by atoms with Crippen LogP contribution in [0.25, 0.3) is 0 Å². The number of aliphatic hydroxyl groups is 1. The smallest absolute Gasteiger partial charge is 0.124 e. The highest BCUT2D eigenvalue weighted by atomic mass is 16.5. The van der Waals surface area contributed by atoms with Gasteiger partial charge >= 0.3 is 0 Å². The van der Waals surface area contributed by atoms with Gasteiger partial charge in [-0.3, -0.25) is 0 Å². The lowest BCUT2D eigenvalue weighted by molar-refractivity contribution is 0.0678. The number of ether oxygens (including phenoxy) is 1. The van der Waals surface area contributed by atoms with Crippen molar-refractivity contribution in [1.29, 1.82) is 0 Å². The van der Waals surface area contributed by atoms with E-state index >= 15 is 0 Å². The summed E-state index contributed by atoms with van der Waals surface area (Å²) in [5.74, 6) is 3.23. The lowest BCUT2D eigenvalue weighted by Gasteiger charge is -2.27. The Kier molecular flexibility index (Phi) is 2.16. The number of terminal acetylenes is 1. The molecular formula is C11H11NO2. The summed E-state index contributed by atoms with van der Waals surface area (Å²) in [5, 5.41) is 9.49. The first-order valence-corrected chi connectivity index (χ1v) is 4.39. The van der Waals surface area contributed by atoms with E-state index in [2.05, 4.69) is 5.92 Å². The second kappa shape index (κ2) is 3.33. The summed E-state index contributed by atoms with van der Waals surface area (Å²) in [4.78, 5) is 0. The van der Waals surface area contributed by atoms with Gasteiger partial charge in [-0.1, -0.05) is 5.92 Å². The molecule has 0 bridgehead atoms. The van der Waals surface area contributed by atoms with Gasteiger partial charge in [0.15, 0.2) is 0 Å². The number of nitrogens with two attached hydrogens (primary N) is 1. The van der Waals surface area contributed by atoms with Crippen molar-refractivity contribution in [3.8, 4) is 18.1 Å². The number of aliphatic hydroxyl groups excluding tert-OH is 1. The van der Waals surface area contributed by atoms with Crippen molar-refractivity contribution in [3.63, 3.8) is 0 Å². The Bertz CT molecular complexity index is 395. The Morgan fingerprint density at radius 1 is 1.57 bits per heavy atom. The van der Waals surface area contributed by atoms with Gasteiger partial charge in [0, 0.05) is 11.1 Å². The average molecular weight is 189 g/mol. The maximum Gasteiger partial charge on any atom is 0.124 e. The highest BCUT2D eigenvalue weighted by Crippen LogP contribution is 2.31. The molecule has 1 aromatic rings. The summed E-state index contributed by atoms with van der Waals surface area (Å²) in [5.41, 5.74) is 7.34. The topological polar surface area (TPSA) is 55.5 Å². The first kappa shape index (κ1) is 9.07. The predicted octanol–water partition coefficient (Wildman–Crippen LogP) is 0.421. The summed E-state index contributed by atoms with van der Waals surface area (Å²) in [6.45, 7) is 0.240. The number of hydrogen-bond acceptors (Lipinski definition) is 3. The Morgan fingerprint density at radius 2 is 2.36 bits per heavy atom. The van der Waals surface area contributed by atoms with Crippen LogP contribution < -0.4 is 10.5 Å². The first-order chi connectivity index (χ1) is 6.72. The maximum absolute atomic E-state index is 9.49. The number of hydrogen-bond donors (Lipinski definition) is 2. The van der Waals surface area contributed by atoms with E-state index in [9.17, 15) is 5.11 Å². The van der Waals surface area contributed by atoms with Gasteiger partial charge in [0.05, 0.1) is 6.04 Å². The van der Waals surface area contributed by atoms with E-state index in [1.54, 1.807) is 18.2 Å². The lowest BCUT2D eigenvalue weighted by Crippen LogP contribution is -2.35. The van der Waals surface area contributed by atoms with Crippen molar-refractivity contribution >= 4 is 0 Å². The summed E-state index contributed by atoms with van der Waals surface area (Å²) in [7, 11) is 0. The molecule has 3 heteroatoms. The van der Waals surface area contributed by atoms with Gasteiger partial charge in [0.25, 0.3) is 0 Å². The van der Waals surface area contributed by atoms with Crippen molar-refractivity contribution in [3.05, 3.63) is 29.3 Å². The molecule has 14 heavy (non-hydrogen) atoms. The molecule has 1 aromatic carbocycles. The first-order valence-electron chi connectivity index (χ1n) is 4.39. The molecule has 0 saturated heterocycles. The van der Waals surface area contributed by atoms with Crippen LogP contribution in [0, 0.1) is 12.3 Å². The van der Waals surface area contributed by atoms with Crippen LogP contribution >= 0.6 is 0 Å². The van der Waals surface area contributed by atoms with Gasteiger partial charge in [-0.25, -0.2) is 0 Å². The summed E-state index contributed by atoms with van der Waals surface area (Å²) in [6, 6.07) is 4.95. The quantitative estimate of drug-likeness (QED) is 0.581. The zero-order chi connectivity index (χ0) is 10.1. The molecule has 0 amide bonds. The Labute approximate surface area is 82.5 Å². The predicted molar refractivity (Wildman–Crippen MR) is 52.8 cm³/mol. The molecule has 0 aromatic heterocycles. The third-order valence-corrected chi connectivity index (χ3v) is 2.36. The van der Waals surface area contributed by atoms with Gasteiger partial charge in [0.2, 0.25) is 0 Å². The van der Waals surface area contributed by atoms with E-state index in [-0.39, 0.29) is 6.61 Å². The van der Waals surface area contributed by atoms with Gasteiger partial charge in [-0.2, -0.15) is 0 Å². The van der Waals surface area contributed by atoms with Crippen LogP contribution in [0.3, 0.4) is 0 Å². The van der Waals surface area contributed by atoms with Gasteiger partial charge in [-0.15, -0.1) is 6.42 Å². The minimum atomic E-state index is -0.657. The van der Waals surface area contributed by atoms with E-state index in [1.807, 2.05) is 0 Å². The molecule has 3 nitrogen and oxygen atoms in total. The number of rotatable bonds is 0. The van der Waals surface area contributed by atoms with Crippen LogP contribution in [-0.2, 0) is 0 Å². The van der Waals surface area contributed by atoms with E-state index in [4.69, 9.17) is 16.9 Å². The fraction of sp³-hybridized carbons (Fsp3) is 0.273. The molecule has 0 spiro atoms. The van der Waals surface area contributed by atoms with Crippen LogP contribution in [-0.4, -0.2) is 17.8 Å². The van der Waals surface area contributed by atoms with Crippen molar-refractivity contribution in [2.45, 2.75) is 12.1 Å². The monoisotopic (exact) mass is 189 g/mol. The SMILES string of the molecule is C#Cc1ccc2c(c1)[C@@H](N)[C@H](O)CO2.